The summed E-state index contributed by atoms with van der Waals surface area (Å²) in [5.41, 5.74) is 0.723. The number of carbonyl (C=O) groups is 1. The van der Waals surface area contributed by atoms with Crippen LogP contribution in [0, 0.1) is 11.7 Å². The van der Waals surface area contributed by atoms with E-state index in [1.54, 1.807) is 17.3 Å². The fourth-order valence-corrected chi connectivity index (χ4v) is 5.28. The Bertz CT molecular complexity index is 1230. The molecular formula is C20H18BrCl2FN4O2. The minimum Gasteiger partial charge on any atom is -0.444 e. The highest BCUT2D eigenvalue weighted by molar-refractivity contribution is 9.10. The van der Waals surface area contributed by atoms with Crippen LogP contribution in [0.25, 0.3) is 21.9 Å². The first kappa shape index (κ1) is 20.3. The van der Waals surface area contributed by atoms with E-state index in [1.165, 1.54) is 0 Å². The molecule has 1 saturated carbocycles. The first-order valence-corrected chi connectivity index (χ1v) is 11.1. The molecule has 2 saturated heterocycles. The number of aromatic nitrogens is 3. The molecule has 6 rings (SSSR count). The van der Waals surface area contributed by atoms with Crippen molar-refractivity contribution in [3.05, 3.63) is 32.9 Å². The zero-order valence-corrected chi connectivity index (χ0v) is 19.5. The van der Waals surface area contributed by atoms with Crippen LogP contribution in [0.1, 0.15) is 33.2 Å². The van der Waals surface area contributed by atoms with E-state index >= 15 is 0 Å². The van der Waals surface area contributed by atoms with Crippen LogP contribution in [-0.4, -0.2) is 43.7 Å². The second kappa shape index (κ2) is 6.68. The summed E-state index contributed by atoms with van der Waals surface area (Å²) in [6.45, 7) is 6.17. The van der Waals surface area contributed by atoms with Gasteiger partial charge in [0.25, 0.3) is 0 Å². The summed E-state index contributed by atoms with van der Waals surface area (Å²) in [5, 5.41) is 0.901. The van der Waals surface area contributed by atoms with E-state index in [1.807, 2.05) is 25.3 Å². The first-order chi connectivity index (χ1) is 14.1. The van der Waals surface area contributed by atoms with Gasteiger partial charge in [-0.15, -0.1) is 0 Å². The van der Waals surface area contributed by atoms with Gasteiger partial charge in [-0.2, -0.15) is 0 Å². The first-order valence-electron chi connectivity index (χ1n) is 9.55. The van der Waals surface area contributed by atoms with Crippen LogP contribution < -0.4 is 0 Å². The van der Waals surface area contributed by atoms with Gasteiger partial charge in [0.05, 0.1) is 33.4 Å². The summed E-state index contributed by atoms with van der Waals surface area (Å²) in [7, 11) is 0. The lowest BCUT2D eigenvalue weighted by atomic mass is 9.79. The fourth-order valence-electron chi connectivity index (χ4n) is 4.56. The van der Waals surface area contributed by atoms with E-state index in [-0.39, 0.29) is 44.3 Å². The summed E-state index contributed by atoms with van der Waals surface area (Å²) in [5.74, 6) is -0.307. The molecule has 2 aliphatic heterocycles. The lowest BCUT2D eigenvalue weighted by Crippen LogP contribution is -2.44. The predicted molar refractivity (Wildman–Crippen MR) is 117 cm³/mol. The fraction of sp³-hybridized carbons (Fsp3) is 0.450. The molecule has 3 aliphatic rings. The van der Waals surface area contributed by atoms with Gasteiger partial charge in [-0.1, -0.05) is 23.2 Å². The molecule has 4 heterocycles. The minimum absolute atomic E-state index is 0.00895. The Balaban J connectivity index is 1.62. The zero-order valence-electron chi connectivity index (χ0n) is 16.4. The third-order valence-electron chi connectivity index (χ3n) is 5.79. The standard InChI is InChI=1S/C20H18BrCl2FN4O2/c1-20(2,3)30-19(29)27-6-8-4-11(27)16(8)28-7-25-15-17(28)9-5-10(22)12(21)13(24)14(9)26-18(15)23/h5,7-8,11,16H,4,6H2,1-3H3/t8-,11-,16+/m1/s1. The van der Waals surface area contributed by atoms with E-state index in [0.29, 0.717) is 23.0 Å². The second-order valence-electron chi connectivity index (χ2n) is 8.82. The molecule has 1 amide bonds. The maximum atomic E-state index is 14.8. The van der Waals surface area contributed by atoms with Crippen molar-refractivity contribution in [2.24, 2.45) is 5.92 Å². The Hall–Kier alpha value is -1.64. The topological polar surface area (TPSA) is 60.2 Å². The molecule has 10 heteroatoms. The summed E-state index contributed by atoms with van der Waals surface area (Å²) in [6.07, 6.45) is 2.26. The molecule has 0 unspecified atom stereocenters. The van der Waals surface area contributed by atoms with Crippen LogP contribution in [0.2, 0.25) is 10.2 Å². The number of amides is 1. The summed E-state index contributed by atoms with van der Waals surface area (Å²) in [4.78, 5) is 23.1. The third-order valence-corrected chi connectivity index (χ3v) is 7.36. The van der Waals surface area contributed by atoms with E-state index in [0.717, 1.165) is 6.42 Å². The molecule has 2 aromatic heterocycles. The van der Waals surface area contributed by atoms with Gasteiger partial charge in [-0.05, 0) is 49.2 Å². The zero-order chi connectivity index (χ0) is 21.5. The van der Waals surface area contributed by atoms with Crippen molar-refractivity contribution in [1.29, 1.82) is 0 Å². The van der Waals surface area contributed by atoms with Gasteiger partial charge in [-0.3, -0.25) is 0 Å². The van der Waals surface area contributed by atoms with Crippen LogP contribution in [0.4, 0.5) is 9.18 Å². The van der Waals surface area contributed by atoms with Crippen molar-refractivity contribution in [3.63, 3.8) is 0 Å². The monoisotopic (exact) mass is 514 g/mol. The van der Waals surface area contributed by atoms with E-state index in [9.17, 15) is 9.18 Å². The molecule has 2 bridgehead atoms. The van der Waals surface area contributed by atoms with E-state index in [2.05, 4.69) is 25.9 Å². The summed E-state index contributed by atoms with van der Waals surface area (Å²) >= 11 is 15.7. The largest absolute Gasteiger partial charge is 0.444 e. The van der Waals surface area contributed by atoms with Gasteiger partial charge in [0.1, 0.15) is 16.6 Å². The Morgan fingerprint density at radius 3 is 2.77 bits per heavy atom. The van der Waals surface area contributed by atoms with E-state index < -0.39 is 11.4 Å². The quantitative estimate of drug-likeness (QED) is 0.296. The molecule has 1 aliphatic carbocycles. The highest BCUT2D eigenvalue weighted by Gasteiger charge is 2.56. The molecule has 3 fully saturated rings. The number of rotatable bonds is 1. The number of hydrogen-bond acceptors (Lipinski definition) is 4. The predicted octanol–water partition coefficient (Wildman–Crippen LogP) is 5.97. The second-order valence-corrected chi connectivity index (χ2v) is 10.4. The molecule has 0 radical (unpaired) electrons. The van der Waals surface area contributed by atoms with Crippen molar-refractivity contribution < 1.29 is 13.9 Å². The molecule has 0 N–H and O–H groups in total. The molecular weight excluding hydrogens is 498 g/mol. The summed E-state index contributed by atoms with van der Waals surface area (Å²) in [6, 6.07) is 1.66. The number of nitrogens with zero attached hydrogens (tertiary/aromatic N) is 4. The lowest BCUT2D eigenvalue weighted by molar-refractivity contribution is 0.0210. The van der Waals surface area contributed by atoms with Gasteiger partial charge in [0.15, 0.2) is 11.0 Å². The van der Waals surface area contributed by atoms with Gasteiger partial charge >= 0.3 is 6.09 Å². The average Bonchev–Trinajstić information content (AvgIpc) is 3.33. The Morgan fingerprint density at radius 2 is 2.07 bits per heavy atom. The Morgan fingerprint density at radius 1 is 1.33 bits per heavy atom. The normalized spacial score (nSPS) is 23.3. The van der Waals surface area contributed by atoms with Crippen LogP contribution in [0.15, 0.2) is 16.9 Å². The minimum atomic E-state index is -0.569. The highest BCUT2D eigenvalue weighted by atomic mass is 79.9. The molecule has 30 heavy (non-hydrogen) atoms. The number of halogens is 4. The number of fused-ring (bicyclic) bond motifs is 4. The molecule has 3 atom stereocenters. The summed E-state index contributed by atoms with van der Waals surface area (Å²) < 4.78 is 22.5. The lowest BCUT2D eigenvalue weighted by Gasteiger charge is -2.38. The maximum Gasteiger partial charge on any atom is 0.410 e. The maximum absolute atomic E-state index is 14.8. The van der Waals surface area contributed by atoms with Gasteiger partial charge in [0.2, 0.25) is 0 Å². The van der Waals surface area contributed by atoms with Crippen molar-refractivity contribution in [2.75, 3.05) is 6.54 Å². The van der Waals surface area contributed by atoms with Crippen LogP contribution in [-0.2, 0) is 4.74 Å². The van der Waals surface area contributed by atoms with Gasteiger partial charge < -0.3 is 14.2 Å². The van der Waals surface area contributed by atoms with Crippen molar-refractivity contribution in [3.8, 4) is 0 Å². The van der Waals surface area contributed by atoms with Crippen molar-refractivity contribution in [2.45, 2.75) is 44.9 Å². The molecule has 3 aromatic rings. The smallest absolute Gasteiger partial charge is 0.410 e. The van der Waals surface area contributed by atoms with Gasteiger partial charge in [-0.25, -0.2) is 19.2 Å². The SMILES string of the molecule is CC(C)(C)OC(=O)N1C[C@H]2C[C@@H]1[C@H]2n1cnc2c(Cl)nc3c(F)c(Br)c(Cl)cc3c21. The van der Waals surface area contributed by atoms with Crippen molar-refractivity contribution in [1.82, 2.24) is 19.4 Å². The number of ether oxygens (including phenoxy) is 1. The van der Waals surface area contributed by atoms with Crippen LogP contribution in [0.5, 0.6) is 0 Å². The van der Waals surface area contributed by atoms with Crippen LogP contribution in [0.3, 0.4) is 0 Å². The molecule has 158 valence electrons. The molecule has 6 nitrogen and oxygen atoms in total. The number of imidazole rings is 1. The van der Waals surface area contributed by atoms with Gasteiger partial charge in [0, 0.05) is 17.8 Å². The van der Waals surface area contributed by atoms with Crippen molar-refractivity contribution >= 4 is 67.2 Å². The molecule has 1 aromatic carbocycles. The Kier molecular flexibility index (Phi) is 4.51. The molecule has 0 spiro atoms. The number of benzene rings is 1. The van der Waals surface area contributed by atoms with E-state index in [4.69, 9.17) is 27.9 Å². The van der Waals surface area contributed by atoms with Crippen LogP contribution >= 0.6 is 39.1 Å². The highest BCUT2D eigenvalue weighted by Crippen LogP contribution is 2.51. The Labute approximate surface area is 190 Å². The number of hydrogen-bond donors (Lipinski definition) is 0. The third kappa shape index (κ3) is 2.91. The number of pyridine rings is 1. The number of carbonyl (C=O) groups excluding carboxylic acids is 1. The average molecular weight is 516 g/mol.